The Kier molecular flexibility index (Phi) is 6.96. The molecule has 0 spiro atoms. The Morgan fingerprint density at radius 1 is 1.00 bits per heavy atom. The Balaban J connectivity index is 1.26. The fraction of sp³-hybridized carbons (Fsp3) is 0.450. The molecule has 3 rings (SSSR count). The molecule has 0 radical (unpaired) electrons. The summed E-state index contributed by atoms with van der Waals surface area (Å²) < 4.78 is 0. The number of hydrogen-bond acceptors (Lipinski definition) is 5. The third kappa shape index (κ3) is 5.81. The van der Waals surface area contributed by atoms with Gasteiger partial charge in [-0.15, -0.1) is 0 Å². The fourth-order valence-corrected chi connectivity index (χ4v) is 3.15. The number of carbonyl (C=O) groups excluding carboxylic acids is 1. The summed E-state index contributed by atoms with van der Waals surface area (Å²) in [7, 11) is 0. The van der Waals surface area contributed by atoms with E-state index < -0.39 is 0 Å². The number of carbonyl (C=O) groups is 1. The Labute approximate surface area is 155 Å². The molecule has 1 fully saturated rings. The van der Waals surface area contributed by atoms with Crippen molar-refractivity contribution < 1.29 is 4.79 Å². The molecule has 1 aliphatic rings. The van der Waals surface area contributed by atoms with Gasteiger partial charge in [-0.2, -0.15) is 0 Å². The number of piperazine rings is 1. The van der Waals surface area contributed by atoms with Gasteiger partial charge >= 0.3 is 0 Å². The predicted octanol–water partition coefficient (Wildman–Crippen LogP) is 1.74. The van der Waals surface area contributed by atoms with E-state index in [1.165, 1.54) is 5.56 Å². The highest BCUT2D eigenvalue weighted by Crippen LogP contribution is 2.09. The van der Waals surface area contributed by atoms with Gasteiger partial charge in [0.05, 0.1) is 0 Å². The monoisotopic (exact) mass is 353 g/mol. The van der Waals surface area contributed by atoms with E-state index in [0.717, 1.165) is 58.1 Å². The van der Waals surface area contributed by atoms with E-state index in [-0.39, 0.29) is 5.91 Å². The van der Waals surface area contributed by atoms with E-state index in [4.69, 9.17) is 0 Å². The van der Waals surface area contributed by atoms with Gasteiger partial charge in [-0.25, -0.2) is 9.97 Å². The number of nitrogens with zero attached hydrogens (tertiary/aromatic N) is 4. The van der Waals surface area contributed by atoms with Crippen molar-refractivity contribution in [3.63, 3.8) is 0 Å². The van der Waals surface area contributed by atoms with Crippen molar-refractivity contribution in [3.8, 4) is 0 Å². The molecule has 0 bridgehead atoms. The van der Waals surface area contributed by atoms with Crippen molar-refractivity contribution in [2.75, 3.05) is 44.2 Å². The summed E-state index contributed by atoms with van der Waals surface area (Å²) in [6.45, 7) is 5.69. The third-order valence-electron chi connectivity index (χ3n) is 4.66. The smallest absolute Gasteiger partial charge is 0.225 e. The Morgan fingerprint density at radius 3 is 2.46 bits per heavy atom. The Hall–Kier alpha value is -2.47. The molecule has 0 saturated carbocycles. The largest absolute Gasteiger partial charge is 0.356 e. The minimum atomic E-state index is 0.139. The van der Waals surface area contributed by atoms with Crippen LogP contribution in [-0.2, 0) is 11.2 Å². The molecule has 26 heavy (non-hydrogen) atoms. The summed E-state index contributed by atoms with van der Waals surface area (Å²) in [5.74, 6) is 0.956. The first-order chi connectivity index (χ1) is 12.8. The number of rotatable bonds is 8. The summed E-state index contributed by atoms with van der Waals surface area (Å²) in [4.78, 5) is 25.2. The maximum Gasteiger partial charge on any atom is 0.225 e. The van der Waals surface area contributed by atoms with E-state index in [2.05, 4.69) is 37.2 Å². The number of anilines is 1. The zero-order chi connectivity index (χ0) is 18.0. The van der Waals surface area contributed by atoms with Crippen LogP contribution in [-0.4, -0.2) is 60.0 Å². The molecule has 2 heterocycles. The van der Waals surface area contributed by atoms with Gasteiger partial charge in [0.2, 0.25) is 11.9 Å². The van der Waals surface area contributed by atoms with Gasteiger partial charge < -0.3 is 10.2 Å². The second kappa shape index (κ2) is 9.87. The molecule has 1 aromatic carbocycles. The minimum Gasteiger partial charge on any atom is -0.356 e. The van der Waals surface area contributed by atoms with Crippen LogP contribution in [0.5, 0.6) is 0 Å². The topological polar surface area (TPSA) is 61.4 Å². The van der Waals surface area contributed by atoms with Crippen LogP contribution in [0.2, 0.25) is 0 Å². The molecule has 138 valence electrons. The van der Waals surface area contributed by atoms with Crippen molar-refractivity contribution in [2.45, 2.75) is 19.3 Å². The predicted molar refractivity (Wildman–Crippen MR) is 103 cm³/mol. The van der Waals surface area contributed by atoms with Crippen molar-refractivity contribution >= 4 is 11.9 Å². The molecule has 1 N–H and O–H groups in total. The van der Waals surface area contributed by atoms with Crippen LogP contribution in [0.1, 0.15) is 18.4 Å². The number of hydrogen-bond donors (Lipinski definition) is 1. The second-order valence-electron chi connectivity index (χ2n) is 6.57. The van der Waals surface area contributed by atoms with Gasteiger partial charge in [0, 0.05) is 51.5 Å². The summed E-state index contributed by atoms with van der Waals surface area (Å²) in [5.41, 5.74) is 1.21. The fourth-order valence-electron chi connectivity index (χ4n) is 3.15. The van der Waals surface area contributed by atoms with Crippen LogP contribution >= 0.6 is 0 Å². The molecule has 1 aliphatic heterocycles. The second-order valence-corrected chi connectivity index (χ2v) is 6.57. The average molecular weight is 353 g/mol. The van der Waals surface area contributed by atoms with Crippen LogP contribution in [0.4, 0.5) is 5.95 Å². The first-order valence-corrected chi connectivity index (χ1v) is 9.36. The molecule has 1 saturated heterocycles. The molecular formula is C20H27N5O. The lowest BCUT2D eigenvalue weighted by Gasteiger charge is -2.34. The van der Waals surface area contributed by atoms with Crippen molar-refractivity contribution in [3.05, 3.63) is 54.4 Å². The van der Waals surface area contributed by atoms with E-state index in [9.17, 15) is 4.79 Å². The van der Waals surface area contributed by atoms with Crippen LogP contribution < -0.4 is 10.2 Å². The number of aryl methyl sites for hydroxylation is 1. The summed E-state index contributed by atoms with van der Waals surface area (Å²) >= 11 is 0. The van der Waals surface area contributed by atoms with Crippen LogP contribution in [0.3, 0.4) is 0 Å². The number of nitrogens with one attached hydrogen (secondary N) is 1. The van der Waals surface area contributed by atoms with E-state index in [0.29, 0.717) is 6.42 Å². The molecule has 2 aromatic rings. The minimum absolute atomic E-state index is 0.139. The standard InChI is InChI=1S/C20H27N5O/c26-19(9-8-18-6-2-1-3-7-18)21-12-5-13-24-14-16-25(17-15-24)20-22-10-4-11-23-20/h1-4,6-7,10-11H,5,8-9,12-17H2,(H,21,26). The first-order valence-electron chi connectivity index (χ1n) is 9.36. The van der Waals surface area contributed by atoms with Gasteiger partial charge in [-0.3, -0.25) is 9.69 Å². The van der Waals surface area contributed by atoms with Gasteiger partial charge in [-0.1, -0.05) is 30.3 Å². The third-order valence-corrected chi connectivity index (χ3v) is 4.66. The zero-order valence-corrected chi connectivity index (χ0v) is 15.2. The lowest BCUT2D eigenvalue weighted by Crippen LogP contribution is -2.47. The highest BCUT2D eigenvalue weighted by molar-refractivity contribution is 5.76. The first kappa shape index (κ1) is 18.3. The molecule has 6 heteroatoms. The summed E-state index contributed by atoms with van der Waals surface area (Å²) in [5, 5.41) is 3.03. The number of amides is 1. The normalized spacial score (nSPS) is 15.0. The molecule has 6 nitrogen and oxygen atoms in total. The van der Waals surface area contributed by atoms with Gasteiger partial charge in [-0.05, 0) is 31.0 Å². The Morgan fingerprint density at radius 2 is 1.73 bits per heavy atom. The lowest BCUT2D eigenvalue weighted by atomic mass is 10.1. The molecule has 1 amide bonds. The molecule has 0 aliphatic carbocycles. The average Bonchev–Trinajstić information content (AvgIpc) is 2.71. The van der Waals surface area contributed by atoms with Crippen molar-refractivity contribution in [1.29, 1.82) is 0 Å². The van der Waals surface area contributed by atoms with Gasteiger partial charge in [0.25, 0.3) is 0 Å². The summed E-state index contributed by atoms with van der Waals surface area (Å²) in [6.07, 6.45) is 5.92. The summed E-state index contributed by atoms with van der Waals surface area (Å²) in [6, 6.07) is 12.0. The quantitative estimate of drug-likeness (QED) is 0.733. The lowest BCUT2D eigenvalue weighted by molar-refractivity contribution is -0.121. The maximum atomic E-state index is 11.9. The zero-order valence-electron chi connectivity index (χ0n) is 15.2. The van der Waals surface area contributed by atoms with Crippen LogP contribution in [0.15, 0.2) is 48.8 Å². The van der Waals surface area contributed by atoms with Gasteiger partial charge in [0.15, 0.2) is 0 Å². The number of aromatic nitrogens is 2. The van der Waals surface area contributed by atoms with Crippen LogP contribution in [0, 0.1) is 0 Å². The molecule has 1 aromatic heterocycles. The SMILES string of the molecule is O=C(CCc1ccccc1)NCCCN1CCN(c2ncccn2)CC1. The van der Waals surface area contributed by atoms with E-state index in [1.54, 1.807) is 12.4 Å². The molecular weight excluding hydrogens is 326 g/mol. The van der Waals surface area contributed by atoms with E-state index in [1.807, 2.05) is 24.3 Å². The van der Waals surface area contributed by atoms with Crippen molar-refractivity contribution in [2.24, 2.45) is 0 Å². The molecule has 0 atom stereocenters. The number of benzene rings is 1. The Bertz CT molecular complexity index is 656. The van der Waals surface area contributed by atoms with Crippen molar-refractivity contribution in [1.82, 2.24) is 20.2 Å². The molecule has 0 unspecified atom stereocenters. The van der Waals surface area contributed by atoms with Crippen LogP contribution in [0.25, 0.3) is 0 Å². The van der Waals surface area contributed by atoms with E-state index >= 15 is 0 Å². The maximum absolute atomic E-state index is 11.9. The van der Waals surface area contributed by atoms with Gasteiger partial charge in [0.1, 0.15) is 0 Å². The highest BCUT2D eigenvalue weighted by Gasteiger charge is 2.18. The highest BCUT2D eigenvalue weighted by atomic mass is 16.1.